The number of carbonyl (C=O) groups excluding carboxylic acids is 1. The molecule has 7 heteroatoms. The summed E-state index contributed by atoms with van der Waals surface area (Å²) in [7, 11) is 0. The van der Waals surface area contributed by atoms with Crippen molar-refractivity contribution in [3.05, 3.63) is 64.6 Å². The van der Waals surface area contributed by atoms with Gasteiger partial charge in [0.1, 0.15) is 5.69 Å². The Bertz CT molecular complexity index is 724. The number of nitrogens with zero attached hydrogens (tertiary/aromatic N) is 1. The number of anilines is 1. The summed E-state index contributed by atoms with van der Waals surface area (Å²) in [5.41, 5.74) is 0.405. The predicted molar refractivity (Wildman–Crippen MR) is 80.2 cm³/mol. The largest absolute Gasteiger partial charge is 0.389 e. The second-order valence-electron chi connectivity index (χ2n) is 5.00. The first-order valence-electron chi connectivity index (χ1n) is 6.95. The van der Waals surface area contributed by atoms with Gasteiger partial charge >= 0.3 is 6.18 Å². The van der Waals surface area contributed by atoms with E-state index in [4.69, 9.17) is 0 Å². The maximum absolute atomic E-state index is 12.2. The number of hydrogen-bond acceptors (Lipinski definition) is 2. The first kappa shape index (κ1) is 16.8. The third-order valence-electron chi connectivity index (χ3n) is 3.13. The van der Waals surface area contributed by atoms with Crippen LogP contribution in [0.3, 0.4) is 0 Å². The lowest BCUT2D eigenvalue weighted by Gasteiger charge is -2.10. The van der Waals surface area contributed by atoms with Crippen LogP contribution < -0.4 is 10.9 Å². The molecule has 0 bridgehead atoms. The second kappa shape index (κ2) is 7.13. The monoisotopic (exact) mass is 324 g/mol. The number of hydrogen-bond donors (Lipinski definition) is 1. The molecule has 1 N–H and O–H groups in total. The minimum atomic E-state index is -4.40. The lowest BCUT2D eigenvalue weighted by molar-refractivity contribution is -0.142. The first-order valence-corrected chi connectivity index (χ1v) is 6.95. The van der Waals surface area contributed by atoms with Crippen molar-refractivity contribution in [2.45, 2.75) is 25.6 Å². The van der Waals surface area contributed by atoms with Crippen LogP contribution in [0.15, 0.2) is 53.5 Å². The average molecular weight is 324 g/mol. The molecule has 2 rings (SSSR count). The van der Waals surface area contributed by atoms with Crippen LogP contribution in [0.1, 0.15) is 18.4 Å². The molecule has 1 heterocycles. The van der Waals surface area contributed by atoms with E-state index in [1.807, 2.05) is 30.3 Å². The van der Waals surface area contributed by atoms with Crippen molar-refractivity contribution in [3.63, 3.8) is 0 Å². The lowest BCUT2D eigenvalue weighted by atomic mass is 10.2. The summed E-state index contributed by atoms with van der Waals surface area (Å²) in [4.78, 5) is 23.8. The fraction of sp³-hybridized carbons (Fsp3) is 0.250. The molecule has 0 aliphatic carbocycles. The maximum atomic E-state index is 12.2. The Morgan fingerprint density at radius 1 is 1.09 bits per heavy atom. The lowest BCUT2D eigenvalue weighted by Crippen LogP contribution is -2.26. The van der Waals surface area contributed by atoms with E-state index in [-0.39, 0.29) is 5.69 Å². The van der Waals surface area contributed by atoms with Crippen LogP contribution in [0.4, 0.5) is 18.9 Å². The zero-order chi connectivity index (χ0) is 16.9. The van der Waals surface area contributed by atoms with Gasteiger partial charge in [0.15, 0.2) is 0 Å². The summed E-state index contributed by atoms with van der Waals surface area (Å²) < 4.78 is 37.7. The van der Waals surface area contributed by atoms with Gasteiger partial charge < -0.3 is 9.88 Å². The van der Waals surface area contributed by atoms with E-state index in [1.54, 1.807) is 12.3 Å². The third kappa shape index (κ3) is 5.28. The molecule has 0 spiro atoms. The van der Waals surface area contributed by atoms with Crippen LogP contribution >= 0.6 is 0 Å². The molecule has 0 aliphatic rings. The van der Waals surface area contributed by atoms with Crippen molar-refractivity contribution in [1.29, 1.82) is 0 Å². The summed E-state index contributed by atoms with van der Waals surface area (Å²) in [6.45, 7) is 0.311. The molecule has 0 unspecified atom stereocenters. The number of alkyl halides is 3. The van der Waals surface area contributed by atoms with Crippen molar-refractivity contribution >= 4 is 11.6 Å². The minimum absolute atomic E-state index is 0.0318. The number of aromatic nitrogens is 1. The van der Waals surface area contributed by atoms with Gasteiger partial charge in [0, 0.05) is 12.6 Å². The number of pyridine rings is 1. The first-order chi connectivity index (χ1) is 10.8. The Kier molecular flexibility index (Phi) is 5.20. The number of carbonyl (C=O) groups is 1. The van der Waals surface area contributed by atoms with E-state index in [0.717, 1.165) is 5.56 Å². The van der Waals surface area contributed by atoms with Crippen LogP contribution in [0, 0.1) is 0 Å². The normalized spacial score (nSPS) is 11.3. The van der Waals surface area contributed by atoms with Gasteiger partial charge in [-0.05, 0) is 17.7 Å². The summed E-state index contributed by atoms with van der Waals surface area (Å²) in [6.07, 6.45) is -4.78. The van der Waals surface area contributed by atoms with Crippen LogP contribution in [0.25, 0.3) is 0 Å². The smallest absolute Gasteiger partial charge is 0.321 e. The highest BCUT2D eigenvalue weighted by molar-refractivity contribution is 5.90. The van der Waals surface area contributed by atoms with Gasteiger partial charge in [-0.15, -0.1) is 0 Å². The van der Waals surface area contributed by atoms with Crippen LogP contribution in [-0.2, 0) is 11.3 Å². The predicted octanol–water partition coefficient (Wildman–Crippen LogP) is 3.18. The molecule has 0 atom stereocenters. The highest BCUT2D eigenvalue weighted by Crippen LogP contribution is 2.21. The van der Waals surface area contributed by atoms with E-state index < -0.39 is 30.5 Å². The van der Waals surface area contributed by atoms with Gasteiger partial charge in [-0.1, -0.05) is 30.3 Å². The Labute approximate surface area is 130 Å². The van der Waals surface area contributed by atoms with Gasteiger partial charge in [0.05, 0.1) is 13.0 Å². The fourth-order valence-electron chi connectivity index (χ4n) is 2.00. The molecule has 0 radical (unpaired) electrons. The summed E-state index contributed by atoms with van der Waals surface area (Å²) >= 11 is 0. The van der Waals surface area contributed by atoms with Crippen LogP contribution in [0.2, 0.25) is 0 Å². The molecule has 0 aliphatic heterocycles. The van der Waals surface area contributed by atoms with E-state index in [2.05, 4.69) is 5.32 Å². The van der Waals surface area contributed by atoms with Crippen LogP contribution in [-0.4, -0.2) is 16.7 Å². The molecule has 23 heavy (non-hydrogen) atoms. The zero-order valence-corrected chi connectivity index (χ0v) is 12.1. The summed E-state index contributed by atoms with van der Waals surface area (Å²) in [6, 6.07) is 12.1. The Hall–Kier alpha value is -2.57. The number of amides is 1. The van der Waals surface area contributed by atoms with Crippen molar-refractivity contribution in [3.8, 4) is 0 Å². The van der Waals surface area contributed by atoms with Crippen molar-refractivity contribution in [2.24, 2.45) is 0 Å². The van der Waals surface area contributed by atoms with E-state index in [0.29, 0.717) is 6.54 Å². The molecule has 1 amide bonds. The highest BCUT2D eigenvalue weighted by atomic mass is 19.4. The zero-order valence-electron chi connectivity index (χ0n) is 12.1. The molecule has 4 nitrogen and oxygen atoms in total. The minimum Gasteiger partial charge on any atom is -0.321 e. The van der Waals surface area contributed by atoms with E-state index in [9.17, 15) is 22.8 Å². The SMILES string of the molecule is O=C(CCC(F)(F)F)Nc1cccn(Cc2ccccc2)c1=O. The second-order valence-corrected chi connectivity index (χ2v) is 5.00. The molecule has 122 valence electrons. The van der Waals surface area contributed by atoms with Gasteiger partial charge in [-0.25, -0.2) is 0 Å². The highest BCUT2D eigenvalue weighted by Gasteiger charge is 2.28. The van der Waals surface area contributed by atoms with Gasteiger partial charge in [0.25, 0.3) is 5.56 Å². The molecule has 0 saturated carbocycles. The van der Waals surface area contributed by atoms with Crippen LogP contribution in [0.5, 0.6) is 0 Å². The molecular weight excluding hydrogens is 309 g/mol. The Balaban J connectivity index is 2.08. The summed E-state index contributed by atoms with van der Waals surface area (Å²) in [5, 5.41) is 2.24. The van der Waals surface area contributed by atoms with Gasteiger partial charge in [0.2, 0.25) is 5.91 Å². The Morgan fingerprint density at radius 3 is 2.43 bits per heavy atom. The summed E-state index contributed by atoms with van der Waals surface area (Å²) in [5.74, 6) is -0.836. The van der Waals surface area contributed by atoms with Gasteiger partial charge in [-0.2, -0.15) is 13.2 Å². The van der Waals surface area contributed by atoms with E-state index >= 15 is 0 Å². The van der Waals surface area contributed by atoms with E-state index in [1.165, 1.54) is 10.6 Å². The molecule has 0 fully saturated rings. The molecular formula is C16H15F3N2O2. The third-order valence-corrected chi connectivity index (χ3v) is 3.13. The van der Waals surface area contributed by atoms with Crippen molar-refractivity contribution in [2.75, 3.05) is 5.32 Å². The molecule has 0 saturated heterocycles. The number of rotatable bonds is 5. The fourth-order valence-corrected chi connectivity index (χ4v) is 2.00. The maximum Gasteiger partial charge on any atom is 0.389 e. The standard InChI is InChI=1S/C16H15F3N2O2/c17-16(18,19)9-8-14(22)20-13-7-4-10-21(15(13)23)11-12-5-2-1-3-6-12/h1-7,10H,8-9,11H2,(H,20,22). The van der Waals surface area contributed by atoms with Crippen molar-refractivity contribution < 1.29 is 18.0 Å². The Morgan fingerprint density at radius 2 is 1.78 bits per heavy atom. The quantitative estimate of drug-likeness (QED) is 0.918. The molecule has 1 aromatic carbocycles. The topological polar surface area (TPSA) is 51.1 Å². The molecule has 2 aromatic rings. The van der Waals surface area contributed by atoms with Crippen molar-refractivity contribution in [1.82, 2.24) is 4.57 Å². The number of benzene rings is 1. The molecule has 1 aromatic heterocycles. The van der Waals surface area contributed by atoms with Gasteiger partial charge in [-0.3, -0.25) is 9.59 Å². The number of halogens is 3. The average Bonchev–Trinajstić information content (AvgIpc) is 2.50. The number of nitrogens with one attached hydrogen (secondary N) is 1.